The number of nitrogens with zero attached hydrogens (tertiary/aromatic N) is 2. The summed E-state index contributed by atoms with van der Waals surface area (Å²) in [4.78, 5) is 17.6. The summed E-state index contributed by atoms with van der Waals surface area (Å²) in [6.45, 7) is 0. The Kier molecular flexibility index (Phi) is 4.72. The first-order chi connectivity index (χ1) is 11.1. The van der Waals surface area contributed by atoms with Gasteiger partial charge in [-0.1, -0.05) is 6.08 Å². The van der Waals surface area contributed by atoms with Crippen molar-refractivity contribution in [2.45, 2.75) is 12.4 Å². The van der Waals surface area contributed by atoms with Crippen LogP contribution in [0.1, 0.15) is 33.0 Å². The molecule has 0 atom stereocenters. The van der Waals surface area contributed by atoms with Crippen molar-refractivity contribution in [3.8, 4) is 0 Å². The zero-order chi connectivity index (χ0) is 18.0. The maximum Gasteiger partial charge on any atom is 0.433 e. The summed E-state index contributed by atoms with van der Waals surface area (Å²) in [6.07, 6.45) is -6.07. The van der Waals surface area contributed by atoms with Crippen LogP contribution in [0.2, 0.25) is 0 Å². The van der Waals surface area contributed by atoms with Crippen LogP contribution in [0.25, 0.3) is 12.2 Å². The van der Waals surface area contributed by atoms with Gasteiger partial charge < -0.3 is 0 Å². The van der Waals surface area contributed by atoms with Crippen LogP contribution in [0, 0.1) is 0 Å². The van der Waals surface area contributed by atoms with Gasteiger partial charge in [-0.05, 0) is 35.9 Å². The van der Waals surface area contributed by atoms with Gasteiger partial charge in [0.25, 0.3) is 0 Å². The highest BCUT2D eigenvalue weighted by atomic mass is 19.4. The van der Waals surface area contributed by atoms with E-state index in [0.717, 1.165) is 30.5 Å². The summed E-state index contributed by atoms with van der Waals surface area (Å²) >= 11 is 0. The summed E-state index contributed by atoms with van der Waals surface area (Å²) in [5.41, 5.74) is -2.45. The molecule has 1 aromatic heterocycles. The van der Waals surface area contributed by atoms with Crippen molar-refractivity contribution in [3.63, 3.8) is 0 Å². The van der Waals surface area contributed by atoms with Crippen molar-refractivity contribution in [1.82, 2.24) is 9.97 Å². The molecule has 0 bridgehead atoms. The molecule has 0 aliphatic carbocycles. The lowest BCUT2D eigenvalue weighted by molar-refractivity contribution is -0.141. The third-order valence-corrected chi connectivity index (χ3v) is 2.83. The first kappa shape index (κ1) is 17.6. The summed E-state index contributed by atoms with van der Waals surface area (Å²) in [5, 5.41) is 0. The average molecular weight is 346 g/mol. The van der Waals surface area contributed by atoms with Crippen LogP contribution in [0.3, 0.4) is 0 Å². The van der Waals surface area contributed by atoms with Crippen molar-refractivity contribution < 1.29 is 31.1 Å². The van der Waals surface area contributed by atoms with Gasteiger partial charge in [0.2, 0.25) is 0 Å². The van der Waals surface area contributed by atoms with Crippen LogP contribution >= 0.6 is 0 Å². The number of halogens is 6. The van der Waals surface area contributed by atoms with Gasteiger partial charge in [0.15, 0.2) is 5.82 Å². The molecule has 0 N–H and O–H groups in total. The van der Waals surface area contributed by atoms with E-state index in [-0.39, 0.29) is 23.2 Å². The van der Waals surface area contributed by atoms with Gasteiger partial charge in [-0.2, -0.15) is 26.3 Å². The fraction of sp³-hybridized carbons (Fsp3) is 0.133. The Balaban J connectivity index is 2.37. The quantitative estimate of drug-likeness (QED) is 0.607. The van der Waals surface area contributed by atoms with Gasteiger partial charge in [0.05, 0.1) is 5.56 Å². The fourth-order valence-electron chi connectivity index (χ4n) is 1.79. The van der Waals surface area contributed by atoms with Gasteiger partial charge in [-0.25, -0.2) is 9.97 Å². The monoisotopic (exact) mass is 346 g/mol. The minimum atomic E-state index is -4.66. The van der Waals surface area contributed by atoms with Crippen molar-refractivity contribution in [2.75, 3.05) is 0 Å². The molecule has 0 unspecified atom stereocenters. The number of carbonyl (C=O) groups is 1. The molecule has 2 rings (SSSR count). The second-order valence-electron chi connectivity index (χ2n) is 4.64. The topological polar surface area (TPSA) is 42.9 Å². The summed E-state index contributed by atoms with van der Waals surface area (Å²) in [7, 11) is 0. The molecule has 0 saturated carbocycles. The van der Waals surface area contributed by atoms with E-state index < -0.39 is 23.6 Å². The largest absolute Gasteiger partial charge is 0.433 e. The Morgan fingerprint density at radius 2 is 1.54 bits per heavy atom. The number of rotatable bonds is 3. The SMILES string of the molecule is O=Cc1cc(/C=C/c2nccc(C(F)(F)F)n2)cc(C(F)(F)F)c1. The number of aldehydes is 1. The highest BCUT2D eigenvalue weighted by Crippen LogP contribution is 2.31. The Bertz CT molecular complexity index is 780. The van der Waals surface area contributed by atoms with E-state index in [1.807, 2.05) is 0 Å². The van der Waals surface area contributed by atoms with Gasteiger partial charge >= 0.3 is 12.4 Å². The molecule has 0 amide bonds. The third kappa shape index (κ3) is 4.40. The Morgan fingerprint density at radius 1 is 0.875 bits per heavy atom. The number of hydrogen-bond acceptors (Lipinski definition) is 3. The summed E-state index contributed by atoms with van der Waals surface area (Å²) in [6, 6.07) is 3.26. The van der Waals surface area contributed by atoms with Crippen LogP contribution < -0.4 is 0 Å². The molecule has 24 heavy (non-hydrogen) atoms. The maximum atomic E-state index is 12.7. The lowest BCUT2D eigenvalue weighted by Gasteiger charge is -2.08. The zero-order valence-electron chi connectivity index (χ0n) is 11.7. The van der Waals surface area contributed by atoms with Crippen LogP contribution in [-0.2, 0) is 12.4 Å². The van der Waals surface area contributed by atoms with Crippen molar-refractivity contribution in [3.05, 3.63) is 58.7 Å². The highest BCUT2D eigenvalue weighted by Gasteiger charge is 2.32. The molecule has 2 aromatic rings. The Hall–Kier alpha value is -2.71. The first-order valence-electron chi connectivity index (χ1n) is 6.35. The normalized spacial score (nSPS) is 12.6. The molecule has 1 aromatic carbocycles. The maximum absolute atomic E-state index is 12.7. The lowest BCUT2D eigenvalue weighted by atomic mass is 10.1. The van der Waals surface area contributed by atoms with Crippen LogP contribution in [0.15, 0.2) is 30.5 Å². The number of benzene rings is 1. The van der Waals surface area contributed by atoms with E-state index in [0.29, 0.717) is 12.1 Å². The van der Waals surface area contributed by atoms with E-state index >= 15 is 0 Å². The predicted molar refractivity (Wildman–Crippen MR) is 72.8 cm³/mol. The van der Waals surface area contributed by atoms with E-state index in [9.17, 15) is 31.1 Å². The van der Waals surface area contributed by atoms with E-state index in [1.54, 1.807) is 0 Å². The molecule has 126 valence electrons. The summed E-state index contributed by atoms with van der Waals surface area (Å²) < 4.78 is 75.8. The van der Waals surface area contributed by atoms with Crippen LogP contribution in [-0.4, -0.2) is 16.3 Å². The molecule has 0 spiro atoms. The average Bonchev–Trinajstić information content (AvgIpc) is 2.51. The van der Waals surface area contributed by atoms with E-state index in [1.165, 1.54) is 0 Å². The minimum Gasteiger partial charge on any atom is -0.298 e. The fourth-order valence-corrected chi connectivity index (χ4v) is 1.79. The van der Waals surface area contributed by atoms with Crippen LogP contribution in [0.4, 0.5) is 26.3 Å². The molecule has 0 radical (unpaired) electrons. The van der Waals surface area contributed by atoms with Gasteiger partial charge in [-0.15, -0.1) is 0 Å². The molecular weight excluding hydrogens is 338 g/mol. The second-order valence-corrected chi connectivity index (χ2v) is 4.64. The van der Waals surface area contributed by atoms with Crippen molar-refractivity contribution in [2.24, 2.45) is 0 Å². The van der Waals surface area contributed by atoms with E-state index in [4.69, 9.17) is 0 Å². The molecule has 1 heterocycles. The lowest BCUT2D eigenvalue weighted by Crippen LogP contribution is -2.09. The summed E-state index contributed by atoms with van der Waals surface area (Å²) in [5.74, 6) is -0.324. The number of carbonyl (C=O) groups excluding carboxylic acids is 1. The van der Waals surface area contributed by atoms with Gasteiger partial charge in [0, 0.05) is 11.8 Å². The second kappa shape index (κ2) is 6.42. The smallest absolute Gasteiger partial charge is 0.298 e. The van der Waals surface area contributed by atoms with Crippen molar-refractivity contribution >= 4 is 18.4 Å². The van der Waals surface area contributed by atoms with Gasteiger partial charge in [-0.3, -0.25) is 4.79 Å². The minimum absolute atomic E-state index is 0.0204. The van der Waals surface area contributed by atoms with Crippen molar-refractivity contribution in [1.29, 1.82) is 0 Å². The molecule has 0 fully saturated rings. The molecule has 3 nitrogen and oxygen atoms in total. The number of hydrogen-bond donors (Lipinski definition) is 0. The first-order valence-corrected chi connectivity index (χ1v) is 6.35. The molecule has 0 aliphatic rings. The standard InChI is InChI=1S/C15H8F6N2O/c16-14(17,18)11-6-9(5-10(7-11)8-24)1-2-13-22-4-3-12(23-13)15(19,20)21/h1-8H/b2-1+. The Labute approximate surface area is 131 Å². The molecule has 0 aliphatic heterocycles. The number of alkyl halides is 6. The van der Waals surface area contributed by atoms with Gasteiger partial charge in [0.1, 0.15) is 12.0 Å². The Morgan fingerprint density at radius 3 is 2.12 bits per heavy atom. The predicted octanol–water partition coefficient (Wildman–Crippen LogP) is 4.50. The molecule has 9 heteroatoms. The third-order valence-electron chi connectivity index (χ3n) is 2.83. The van der Waals surface area contributed by atoms with Crippen LogP contribution in [0.5, 0.6) is 0 Å². The van der Waals surface area contributed by atoms with E-state index in [2.05, 4.69) is 9.97 Å². The molecule has 0 saturated heterocycles. The molecular formula is C15H8F6N2O. The highest BCUT2D eigenvalue weighted by molar-refractivity contribution is 5.78. The number of aromatic nitrogens is 2. The zero-order valence-corrected chi connectivity index (χ0v) is 11.7.